The fraction of sp³-hybridized carbons (Fsp3) is 0.476. The lowest BCUT2D eigenvalue weighted by Crippen LogP contribution is -2.39. The van der Waals surface area contributed by atoms with E-state index in [1.54, 1.807) is 35.3 Å². The molecular formula is C21H27N5O2S. The van der Waals surface area contributed by atoms with Crippen molar-refractivity contribution in [2.75, 3.05) is 44.3 Å². The topological polar surface area (TPSA) is 63.5 Å². The van der Waals surface area contributed by atoms with Gasteiger partial charge in [-0.1, -0.05) is 30.4 Å². The average molecular weight is 414 g/mol. The van der Waals surface area contributed by atoms with Crippen molar-refractivity contribution in [3.63, 3.8) is 0 Å². The van der Waals surface area contributed by atoms with Crippen molar-refractivity contribution in [1.82, 2.24) is 19.7 Å². The van der Waals surface area contributed by atoms with Crippen LogP contribution in [0.5, 0.6) is 0 Å². The van der Waals surface area contributed by atoms with Crippen LogP contribution in [0.1, 0.15) is 29.4 Å². The van der Waals surface area contributed by atoms with Crippen LogP contribution in [-0.4, -0.2) is 65.0 Å². The summed E-state index contributed by atoms with van der Waals surface area (Å²) in [6, 6.07) is 8.02. The van der Waals surface area contributed by atoms with Crippen molar-refractivity contribution in [3.05, 3.63) is 41.7 Å². The van der Waals surface area contributed by atoms with Crippen LogP contribution in [0.25, 0.3) is 10.2 Å². The maximum Gasteiger partial charge on any atom is 0.278 e. The van der Waals surface area contributed by atoms with E-state index in [9.17, 15) is 4.79 Å². The summed E-state index contributed by atoms with van der Waals surface area (Å²) in [4.78, 5) is 22.4. The number of carbonyl (C=O) groups excluding carboxylic acids is 1. The number of amides is 1. The molecular weight excluding hydrogens is 386 g/mol. The molecule has 154 valence electrons. The predicted octanol–water partition coefficient (Wildman–Crippen LogP) is 2.96. The van der Waals surface area contributed by atoms with E-state index in [0.29, 0.717) is 12.2 Å². The van der Waals surface area contributed by atoms with Gasteiger partial charge in [0.05, 0.1) is 23.4 Å². The number of aryl methyl sites for hydroxylation is 2. The molecule has 0 bridgehead atoms. The van der Waals surface area contributed by atoms with Crippen molar-refractivity contribution in [3.8, 4) is 0 Å². The molecule has 7 nitrogen and oxygen atoms in total. The molecule has 1 saturated heterocycles. The van der Waals surface area contributed by atoms with E-state index < -0.39 is 0 Å². The Labute approximate surface area is 174 Å². The zero-order valence-electron chi connectivity index (χ0n) is 17.0. The number of morpholine rings is 1. The van der Waals surface area contributed by atoms with Crippen LogP contribution in [0.15, 0.2) is 30.5 Å². The molecule has 1 amide bonds. The molecule has 1 fully saturated rings. The molecule has 0 saturated carbocycles. The molecule has 1 aromatic carbocycles. The number of rotatable bonds is 7. The summed E-state index contributed by atoms with van der Waals surface area (Å²) < 4.78 is 8.18. The molecule has 0 spiro atoms. The van der Waals surface area contributed by atoms with Gasteiger partial charge in [0.25, 0.3) is 5.91 Å². The quantitative estimate of drug-likeness (QED) is 0.596. The van der Waals surface area contributed by atoms with Gasteiger partial charge in [-0.3, -0.25) is 19.3 Å². The van der Waals surface area contributed by atoms with Gasteiger partial charge in [-0.15, -0.1) is 0 Å². The molecule has 1 aliphatic heterocycles. The van der Waals surface area contributed by atoms with Crippen molar-refractivity contribution in [2.45, 2.75) is 19.8 Å². The normalized spacial score (nSPS) is 15.1. The van der Waals surface area contributed by atoms with Gasteiger partial charge in [-0.05, 0) is 30.5 Å². The van der Waals surface area contributed by atoms with Gasteiger partial charge in [-0.2, -0.15) is 5.10 Å². The lowest BCUT2D eigenvalue weighted by molar-refractivity contribution is 0.0376. The SMILES string of the molecule is CCc1cccc2sc(N(CCCN3CCOCC3)C(=O)c3ccnn3C)nc12. The molecule has 0 radical (unpaired) electrons. The molecule has 4 rings (SSSR count). The lowest BCUT2D eigenvalue weighted by atomic mass is 10.1. The Balaban J connectivity index is 1.59. The highest BCUT2D eigenvalue weighted by molar-refractivity contribution is 7.22. The van der Waals surface area contributed by atoms with E-state index in [1.807, 2.05) is 4.90 Å². The Bertz CT molecular complexity index is 977. The number of hydrogen-bond acceptors (Lipinski definition) is 6. The van der Waals surface area contributed by atoms with Crippen LogP contribution in [0.4, 0.5) is 5.13 Å². The molecule has 8 heteroatoms. The molecule has 29 heavy (non-hydrogen) atoms. The van der Waals surface area contributed by atoms with Crippen molar-refractivity contribution < 1.29 is 9.53 Å². The van der Waals surface area contributed by atoms with E-state index in [0.717, 1.165) is 61.0 Å². The van der Waals surface area contributed by atoms with Gasteiger partial charge in [0.2, 0.25) is 0 Å². The number of anilines is 1. The van der Waals surface area contributed by atoms with Crippen LogP contribution < -0.4 is 4.90 Å². The van der Waals surface area contributed by atoms with Crippen LogP contribution >= 0.6 is 11.3 Å². The van der Waals surface area contributed by atoms with Crippen molar-refractivity contribution >= 4 is 32.6 Å². The standard InChI is InChI=1S/C21H27N5O2S/c1-3-16-6-4-7-18-19(16)23-21(29-18)26(20(27)17-8-9-22-24(17)2)11-5-10-25-12-14-28-15-13-25/h4,6-9H,3,5,10-15H2,1-2H3. The summed E-state index contributed by atoms with van der Waals surface area (Å²) in [6.07, 6.45) is 3.47. The summed E-state index contributed by atoms with van der Waals surface area (Å²) in [5.74, 6) is -0.0518. The highest BCUT2D eigenvalue weighted by atomic mass is 32.1. The van der Waals surface area contributed by atoms with Crippen LogP contribution in [0, 0.1) is 0 Å². The van der Waals surface area contributed by atoms with Gasteiger partial charge in [0, 0.05) is 39.4 Å². The first-order valence-electron chi connectivity index (χ1n) is 10.2. The third-order valence-corrected chi connectivity index (χ3v) is 6.39. The fourth-order valence-corrected chi connectivity index (χ4v) is 4.72. The molecule has 0 atom stereocenters. The molecule has 1 aliphatic rings. The summed E-state index contributed by atoms with van der Waals surface area (Å²) in [7, 11) is 1.80. The first-order valence-corrected chi connectivity index (χ1v) is 11.0. The second kappa shape index (κ2) is 9.02. The number of benzene rings is 1. The molecule has 0 N–H and O–H groups in total. The molecule has 0 unspecified atom stereocenters. The van der Waals surface area contributed by atoms with E-state index in [2.05, 4.69) is 35.1 Å². The highest BCUT2D eigenvalue weighted by Gasteiger charge is 2.24. The van der Waals surface area contributed by atoms with Gasteiger partial charge >= 0.3 is 0 Å². The van der Waals surface area contributed by atoms with E-state index in [1.165, 1.54) is 5.56 Å². The molecule has 3 aromatic rings. The largest absolute Gasteiger partial charge is 0.379 e. The minimum Gasteiger partial charge on any atom is -0.379 e. The van der Waals surface area contributed by atoms with Crippen LogP contribution in [0.3, 0.4) is 0 Å². The van der Waals surface area contributed by atoms with Crippen LogP contribution in [0.2, 0.25) is 0 Å². The number of aromatic nitrogens is 3. The Morgan fingerprint density at radius 2 is 2.10 bits per heavy atom. The molecule has 2 aromatic heterocycles. The molecule has 0 aliphatic carbocycles. The molecule has 3 heterocycles. The smallest absolute Gasteiger partial charge is 0.278 e. The van der Waals surface area contributed by atoms with Crippen molar-refractivity contribution in [2.24, 2.45) is 7.05 Å². The van der Waals surface area contributed by atoms with E-state index in [4.69, 9.17) is 9.72 Å². The zero-order valence-corrected chi connectivity index (χ0v) is 17.8. The minimum absolute atomic E-state index is 0.0518. The van der Waals surface area contributed by atoms with Crippen LogP contribution in [-0.2, 0) is 18.2 Å². The number of fused-ring (bicyclic) bond motifs is 1. The van der Waals surface area contributed by atoms with E-state index >= 15 is 0 Å². The second-order valence-electron chi connectivity index (χ2n) is 7.22. The predicted molar refractivity (Wildman–Crippen MR) is 116 cm³/mol. The van der Waals surface area contributed by atoms with Crippen molar-refractivity contribution in [1.29, 1.82) is 0 Å². The maximum absolute atomic E-state index is 13.3. The summed E-state index contributed by atoms with van der Waals surface area (Å²) in [5, 5.41) is 4.93. The minimum atomic E-state index is -0.0518. The number of hydrogen-bond donors (Lipinski definition) is 0. The average Bonchev–Trinajstić information content (AvgIpc) is 3.37. The number of ether oxygens (including phenoxy) is 1. The van der Waals surface area contributed by atoms with Gasteiger partial charge < -0.3 is 4.74 Å². The fourth-order valence-electron chi connectivity index (χ4n) is 3.68. The van der Waals surface area contributed by atoms with Gasteiger partial charge in [0.1, 0.15) is 5.69 Å². The summed E-state index contributed by atoms with van der Waals surface area (Å²) in [5.41, 5.74) is 2.79. The Morgan fingerprint density at radius 1 is 1.28 bits per heavy atom. The number of nitrogens with zero attached hydrogens (tertiary/aromatic N) is 5. The Morgan fingerprint density at radius 3 is 2.83 bits per heavy atom. The van der Waals surface area contributed by atoms with Gasteiger partial charge in [0.15, 0.2) is 5.13 Å². The third kappa shape index (κ3) is 4.34. The third-order valence-electron chi connectivity index (χ3n) is 5.35. The van der Waals surface area contributed by atoms with E-state index in [-0.39, 0.29) is 5.91 Å². The summed E-state index contributed by atoms with van der Waals surface area (Å²) in [6.45, 7) is 7.19. The maximum atomic E-state index is 13.3. The lowest BCUT2D eigenvalue weighted by Gasteiger charge is -2.27. The number of thiazole rings is 1. The number of para-hydroxylation sites is 1. The first-order chi connectivity index (χ1) is 14.2. The highest BCUT2D eigenvalue weighted by Crippen LogP contribution is 2.32. The Hall–Kier alpha value is -2.29. The first kappa shape index (κ1) is 20.0. The zero-order chi connectivity index (χ0) is 20.2. The Kier molecular flexibility index (Phi) is 6.22. The monoisotopic (exact) mass is 413 g/mol. The van der Waals surface area contributed by atoms with Gasteiger partial charge in [-0.25, -0.2) is 4.98 Å². The number of carbonyl (C=O) groups is 1. The second-order valence-corrected chi connectivity index (χ2v) is 8.23. The summed E-state index contributed by atoms with van der Waals surface area (Å²) >= 11 is 1.58.